The van der Waals surface area contributed by atoms with Gasteiger partial charge in [-0.2, -0.15) is 0 Å². The number of benzene rings is 2. The maximum Gasteiger partial charge on any atom is 0.298 e. The standard InChI is InChI=1S/C22H21N3O4S/c1-13(2)25-21(27)20-19(16-6-4-5-7-17(16)29-20)24-22(25)30-12-18(26)23-14-8-10-15(28-3)11-9-14/h4-11,13H,12H2,1-3H3,(H,23,26). The molecule has 4 aromatic rings. The number of thioether (sulfide) groups is 1. The molecule has 2 heterocycles. The highest BCUT2D eigenvalue weighted by Gasteiger charge is 2.20. The molecule has 0 bridgehead atoms. The van der Waals surface area contributed by atoms with E-state index in [1.165, 1.54) is 11.8 Å². The zero-order chi connectivity index (χ0) is 21.3. The van der Waals surface area contributed by atoms with Crippen LogP contribution in [0.15, 0.2) is 62.9 Å². The molecule has 0 fully saturated rings. The van der Waals surface area contributed by atoms with E-state index in [9.17, 15) is 9.59 Å². The zero-order valence-corrected chi connectivity index (χ0v) is 17.7. The van der Waals surface area contributed by atoms with E-state index in [4.69, 9.17) is 9.15 Å². The highest BCUT2D eigenvalue weighted by atomic mass is 32.2. The summed E-state index contributed by atoms with van der Waals surface area (Å²) in [7, 11) is 1.59. The van der Waals surface area contributed by atoms with Crippen LogP contribution < -0.4 is 15.6 Å². The molecule has 0 saturated carbocycles. The van der Waals surface area contributed by atoms with Gasteiger partial charge in [-0.3, -0.25) is 14.2 Å². The first-order chi connectivity index (χ1) is 14.5. The van der Waals surface area contributed by atoms with Crippen molar-refractivity contribution in [2.24, 2.45) is 0 Å². The number of furan rings is 1. The maximum atomic E-state index is 13.1. The van der Waals surface area contributed by atoms with Crippen LogP contribution in [0.3, 0.4) is 0 Å². The number of para-hydroxylation sites is 1. The van der Waals surface area contributed by atoms with E-state index >= 15 is 0 Å². The van der Waals surface area contributed by atoms with Gasteiger partial charge in [0, 0.05) is 17.1 Å². The summed E-state index contributed by atoms with van der Waals surface area (Å²) in [4.78, 5) is 30.2. The fourth-order valence-corrected chi connectivity index (χ4v) is 4.11. The van der Waals surface area contributed by atoms with Gasteiger partial charge in [-0.25, -0.2) is 4.98 Å². The first-order valence-corrected chi connectivity index (χ1v) is 10.5. The van der Waals surface area contributed by atoms with Crippen LogP contribution in [0.2, 0.25) is 0 Å². The number of aromatic nitrogens is 2. The summed E-state index contributed by atoms with van der Waals surface area (Å²) in [6.45, 7) is 3.80. The minimum Gasteiger partial charge on any atom is -0.497 e. The molecule has 4 rings (SSSR count). The SMILES string of the molecule is COc1ccc(NC(=O)CSc2nc3c(oc4ccccc43)c(=O)n2C(C)C)cc1. The van der Waals surface area contributed by atoms with E-state index < -0.39 is 0 Å². The third kappa shape index (κ3) is 3.78. The summed E-state index contributed by atoms with van der Waals surface area (Å²) in [5.74, 6) is 0.645. The maximum absolute atomic E-state index is 13.1. The highest BCUT2D eigenvalue weighted by Crippen LogP contribution is 2.28. The average Bonchev–Trinajstić information content (AvgIpc) is 3.12. The van der Waals surface area contributed by atoms with Crippen LogP contribution in [-0.4, -0.2) is 28.3 Å². The molecule has 30 heavy (non-hydrogen) atoms. The number of methoxy groups -OCH3 is 1. The van der Waals surface area contributed by atoms with E-state index in [-0.39, 0.29) is 28.8 Å². The molecule has 0 aliphatic heterocycles. The lowest BCUT2D eigenvalue weighted by atomic mass is 10.2. The zero-order valence-electron chi connectivity index (χ0n) is 16.8. The Kier molecular flexibility index (Phi) is 5.50. The van der Waals surface area contributed by atoms with Crippen LogP contribution in [0.25, 0.3) is 22.1 Å². The molecule has 0 atom stereocenters. The second-order valence-electron chi connectivity index (χ2n) is 7.00. The smallest absolute Gasteiger partial charge is 0.298 e. The normalized spacial score (nSPS) is 11.3. The summed E-state index contributed by atoms with van der Waals surface area (Å²) < 4.78 is 12.4. The van der Waals surface area contributed by atoms with E-state index in [2.05, 4.69) is 10.3 Å². The topological polar surface area (TPSA) is 86.4 Å². The Balaban J connectivity index is 1.62. The lowest BCUT2D eigenvalue weighted by Gasteiger charge is -2.14. The number of fused-ring (bicyclic) bond motifs is 3. The molecule has 0 unspecified atom stereocenters. The Labute approximate surface area is 177 Å². The summed E-state index contributed by atoms with van der Waals surface area (Å²) in [5, 5.41) is 4.11. The number of nitrogens with zero attached hydrogens (tertiary/aromatic N) is 2. The molecular weight excluding hydrogens is 402 g/mol. The Morgan fingerprint density at radius 3 is 2.63 bits per heavy atom. The quantitative estimate of drug-likeness (QED) is 0.364. The van der Waals surface area contributed by atoms with Crippen molar-refractivity contribution in [1.29, 1.82) is 0 Å². The van der Waals surface area contributed by atoms with E-state index in [1.54, 1.807) is 35.9 Å². The van der Waals surface area contributed by atoms with Gasteiger partial charge < -0.3 is 14.5 Å². The highest BCUT2D eigenvalue weighted by molar-refractivity contribution is 7.99. The summed E-state index contributed by atoms with van der Waals surface area (Å²) in [6.07, 6.45) is 0. The molecule has 0 saturated heterocycles. The molecular formula is C22H21N3O4S. The van der Waals surface area contributed by atoms with E-state index in [0.717, 1.165) is 5.39 Å². The molecule has 1 N–H and O–H groups in total. The number of carbonyl (C=O) groups excluding carboxylic acids is 1. The molecule has 0 aliphatic rings. The first kappa shape index (κ1) is 20.0. The molecule has 7 nitrogen and oxygen atoms in total. The summed E-state index contributed by atoms with van der Waals surface area (Å²) in [5.41, 5.74) is 1.80. The average molecular weight is 423 g/mol. The van der Waals surface area contributed by atoms with Crippen molar-refractivity contribution >= 4 is 45.4 Å². The van der Waals surface area contributed by atoms with Gasteiger partial charge in [0.1, 0.15) is 16.8 Å². The van der Waals surface area contributed by atoms with Crippen molar-refractivity contribution in [2.75, 3.05) is 18.2 Å². The van der Waals surface area contributed by atoms with Gasteiger partial charge in [0.15, 0.2) is 5.16 Å². The Hall–Kier alpha value is -3.26. The van der Waals surface area contributed by atoms with Crippen LogP contribution in [0, 0.1) is 0 Å². The van der Waals surface area contributed by atoms with Crippen molar-refractivity contribution in [3.63, 3.8) is 0 Å². The second kappa shape index (κ2) is 8.23. The molecule has 2 aromatic carbocycles. The fourth-order valence-electron chi connectivity index (χ4n) is 3.19. The Bertz CT molecular complexity index is 1280. The van der Waals surface area contributed by atoms with Crippen molar-refractivity contribution < 1.29 is 13.9 Å². The Morgan fingerprint density at radius 2 is 1.93 bits per heavy atom. The monoisotopic (exact) mass is 423 g/mol. The predicted molar refractivity (Wildman–Crippen MR) is 119 cm³/mol. The molecule has 0 aliphatic carbocycles. The van der Waals surface area contributed by atoms with Gasteiger partial charge in [0.25, 0.3) is 5.56 Å². The number of hydrogen-bond acceptors (Lipinski definition) is 6. The van der Waals surface area contributed by atoms with Gasteiger partial charge in [0.05, 0.1) is 12.9 Å². The van der Waals surface area contributed by atoms with Crippen molar-refractivity contribution in [1.82, 2.24) is 9.55 Å². The predicted octanol–water partition coefficient (Wildman–Crippen LogP) is 4.46. The molecule has 0 radical (unpaired) electrons. The number of nitrogens with one attached hydrogen (secondary N) is 1. The van der Waals surface area contributed by atoms with Crippen LogP contribution >= 0.6 is 11.8 Å². The van der Waals surface area contributed by atoms with Crippen LogP contribution in [0.4, 0.5) is 5.69 Å². The lowest BCUT2D eigenvalue weighted by molar-refractivity contribution is -0.113. The van der Waals surface area contributed by atoms with Gasteiger partial charge in [-0.1, -0.05) is 23.9 Å². The lowest BCUT2D eigenvalue weighted by Crippen LogP contribution is -2.25. The fraction of sp³-hybridized carbons (Fsp3) is 0.227. The summed E-state index contributed by atoms with van der Waals surface area (Å²) in [6, 6.07) is 14.4. The second-order valence-corrected chi connectivity index (χ2v) is 7.95. The number of rotatable bonds is 6. The van der Waals surface area contributed by atoms with Crippen molar-refractivity contribution in [3.05, 3.63) is 58.9 Å². The van der Waals surface area contributed by atoms with E-state index in [1.807, 2.05) is 38.1 Å². The molecule has 154 valence electrons. The third-order valence-corrected chi connectivity index (χ3v) is 5.57. The van der Waals surface area contributed by atoms with Crippen LogP contribution in [0.1, 0.15) is 19.9 Å². The minimum atomic E-state index is -0.246. The first-order valence-electron chi connectivity index (χ1n) is 9.48. The Morgan fingerprint density at radius 1 is 1.20 bits per heavy atom. The van der Waals surface area contributed by atoms with Gasteiger partial charge in [-0.05, 0) is 50.2 Å². The van der Waals surface area contributed by atoms with Gasteiger partial charge in [0.2, 0.25) is 11.5 Å². The molecule has 1 amide bonds. The number of amides is 1. The number of anilines is 1. The largest absolute Gasteiger partial charge is 0.497 e. The molecule has 2 aromatic heterocycles. The summed E-state index contributed by atoms with van der Waals surface area (Å²) >= 11 is 1.22. The van der Waals surface area contributed by atoms with Crippen molar-refractivity contribution in [2.45, 2.75) is 25.0 Å². The van der Waals surface area contributed by atoms with Crippen molar-refractivity contribution in [3.8, 4) is 5.75 Å². The van der Waals surface area contributed by atoms with Gasteiger partial charge >= 0.3 is 0 Å². The minimum absolute atomic E-state index is 0.118. The number of ether oxygens (including phenoxy) is 1. The third-order valence-electron chi connectivity index (χ3n) is 4.62. The van der Waals surface area contributed by atoms with Crippen LogP contribution in [0.5, 0.6) is 5.75 Å². The van der Waals surface area contributed by atoms with E-state index in [0.29, 0.717) is 27.7 Å². The van der Waals surface area contributed by atoms with Gasteiger partial charge in [-0.15, -0.1) is 0 Å². The molecule has 0 spiro atoms. The number of carbonyl (C=O) groups is 1. The van der Waals surface area contributed by atoms with Crippen LogP contribution in [-0.2, 0) is 4.79 Å². The number of hydrogen-bond donors (Lipinski definition) is 1. The molecule has 8 heteroatoms.